The van der Waals surface area contributed by atoms with Gasteiger partial charge in [0.25, 0.3) is 0 Å². The minimum atomic E-state index is -0.180. The monoisotopic (exact) mass is 425 g/mol. The Morgan fingerprint density at radius 2 is 1.63 bits per heavy atom. The first-order valence-corrected chi connectivity index (χ1v) is 10.1. The summed E-state index contributed by atoms with van der Waals surface area (Å²) in [5.41, 5.74) is 3.38. The molecule has 1 aromatic carbocycles. The van der Waals surface area contributed by atoms with E-state index in [-0.39, 0.29) is 35.5 Å². The van der Waals surface area contributed by atoms with Crippen molar-refractivity contribution >= 4 is 33.4 Å². The first-order chi connectivity index (χ1) is 13.0. The van der Waals surface area contributed by atoms with Crippen LogP contribution < -0.4 is 4.90 Å². The molecule has 1 aromatic heterocycles. The molecular formula is C21H20BrN3O2. The van der Waals surface area contributed by atoms with Gasteiger partial charge in [-0.1, -0.05) is 40.2 Å². The predicted octanol–water partition coefficient (Wildman–Crippen LogP) is 3.62. The molecule has 2 bridgehead atoms. The zero-order valence-corrected chi connectivity index (χ0v) is 16.8. The Kier molecular flexibility index (Phi) is 3.69. The molecule has 1 saturated heterocycles. The topological polar surface area (TPSA) is 55.2 Å². The lowest BCUT2D eigenvalue weighted by molar-refractivity contribution is -0.123. The molecule has 0 spiro atoms. The fourth-order valence-electron chi connectivity index (χ4n) is 5.05. The van der Waals surface area contributed by atoms with Crippen molar-refractivity contribution in [2.45, 2.75) is 26.8 Å². The van der Waals surface area contributed by atoms with E-state index in [1.165, 1.54) is 4.90 Å². The molecule has 1 saturated carbocycles. The number of allylic oxidation sites excluding steroid dienone is 2. The summed E-state index contributed by atoms with van der Waals surface area (Å²) in [6.45, 7) is 4.42. The number of carbonyl (C=O) groups is 2. The van der Waals surface area contributed by atoms with Crippen LogP contribution >= 0.6 is 15.9 Å². The molecule has 2 aromatic rings. The van der Waals surface area contributed by atoms with Gasteiger partial charge in [0.15, 0.2) is 0 Å². The Morgan fingerprint density at radius 3 is 2.22 bits per heavy atom. The summed E-state index contributed by atoms with van der Waals surface area (Å²) in [4.78, 5) is 27.7. The number of imide groups is 1. The van der Waals surface area contributed by atoms with Crippen LogP contribution in [0.25, 0.3) is 0 Å². The SMILES string of the molecule is Cc1nn(Cc2ccc(Br)cc2)c(C)c1N1C(=O)C2C3C=CC(C3)C2C1=O. The largest absolute Gasteiger partial charge is 0.274 e. The highest BCUT2D eigenvalue weighted by atomic mass is 79.9. The maximum absolute atomic E-state index is 13.1. The highest BCUT2D eigenvalue weighted by Gasteiger charge is 2.60. The van der Waals surface area contributed by atoms with Crippen molar-refractivity contribution in [3.8, 4) is 0 Å². The number of halogens is 1. The molecule has 2 aliphatic carbocycles. The maximum Gasteiger partial charge on any atom is 0.238 e. The van der Waals surface area contributed by atoms with Gasteiger partial charge in [-0.25, -0.2) is 4.90 Å². The van der Waals surface area contributed by atoms with E-state index < -0.39 is 0 Å². The van der Waals surface area contributed by atoms with Crippen LogP contribution in [0.4, 0.5) is 5.69 Å². The average Bonchev–Trinajstić information content (AvgIpc) is 3.37. The van der Waals surface area contributed by atoms with Gasteiger partial charge in [-0.3, -0.25) is 14.3 Å². The zero-order chi connectivity index (χ0) is 18.9. The number of anilines is 1. The predicted molar refractivity (Wildman–Crippen MR) is 105 cm³/mol. The van der Waals surface area contributed by atoms with Crippen LogP contribution in [0.2, 0.25) is 0 Å². The van der Waals surface area contributed by atoms with E-state index in [2.05, 4.69) is 33.2 Å². The van der Waals surface area contributed by atoms with Crippen molar-refractivity contribution < 1.29 is 9.59 Å². The smallest absolute Gasteiger partial charge is 0.238 e. The molecule has 2 amide bonds. The van der Waals surface area contributed by atoms with E-state index in [9.17, 15) is 9.59 Å². The third-order valence-electron chi connectivity index (χ3n) is 6.28. The molecule has 6 heteroatoms. The quantitative estimate of drug-likeness (QED) is 0.557. The van der Waals surface area contributed by atoms with Gasteiger partial charge < -0.3 is 0 Å². The number of rotatable bonds is 3. The molecule has 5 nitrogen and oxygen atoms in total. The lowest BCUT2D eigenvalue weighted by atomic mass is 9.85. The molecule has 2 fully saturated rings. The minimum Gasteiger partial charge on any atom is -0.274 e. The second-order valence-corrected chi connectivity index (χ2v) is 8.73. The molecular weight excluding hydrogens is 406 g/mol. The van der Waals surface area contributed by atoms with Gasteiger partial charge in [0, 0.05) is 4.47 Å². The van der Waals surface area contributed by atoms with Crippen LogP contribution in [-0.4, -0.2) is 21.6 Å². The number of hydrogen-bond donors (Lipinski definition) is 0. The van der Waals surface area contributed by atoms with Gasteiger partial charge in [-0.2, -0.15) is 5.10 Å². The second-order valence-electron chi connectivity index (χ2n) is 7.82. The van der Waals surface area contributed by atoms with Gasteiger partial charge >= 0.3 is 0 Å². The first kappa shape index (κ1) is 16.9. The first-order valence-electron chi connectivity index (χ1n) is 9.30. The Bertz CT molecular complexity index is 962. The highest BCUT2D eigenvalue weighted by molar-refractivity contribution is 9.10. The van der Waals surface area contributed by atoms with Crippen LogP contribution in [0, 0.1) is 37.5 Å². The summed E-state index contributed by atoms with van der Waals surface area (Å²) in [7, 11) is 0. The van der Waals surface area contributed by atoms with Crippen molar-refractivity contribution in [1.82, 2.24) is 9.78 Å². The highest BCUT2D eigenvalue weighted by Crippen LogP contribution is 2.53. The third-order valence-corrected chi connectivity index (χ3v) is 6.81. The van der Waals surface area contributed by atoms with Crippen molar-refractivity contribution in [3.63, 3.8) is 0 Å². The van der Waals surface area contributed by atoms with E-state index in [0.29, 0.717) is 12.2 Å². The van der Waals surface area contributed by atoms with Gasteiger partial charge in [0.1, 0.15) is 0 Å². The Balaban J connectivity index is 1.49. The van der Waals surface area contributed by atoms with Gasteiger partial charge in [-0.05, 0) is 49.8 Å². The second kappa shape index (κ2) is 5.89. The van der Waals surface area contributed by atoms with Crippen molar-refractivity contribution in [1.29, 1.82) is 0 Å². The number of aryl methyl sites for hydroxylation is 1. The summed E-state index contributed by atoms with van der Waals surface area (Å²) < 4.78 is 2.92. The molecule has 0 radical (unpaired) electrons. The summed E-state index contributed by atoms with van der Waals surface area (Å²) in [6, 6.07) is 8.08. The minimum absolute atomic E-state index is 0.0451. The van der Waals surface area contributed by atoms with Crippen molar-refractivity contribution in [2.24, 2.45) is 23.7 Å². The summed E-state index contributed by atoms with van der Waals surface area (Å²) in [5, 5.41) is 4.63. The molecule has 27 heavy (non-hydrogen) atoms. The van der Waals surface area contributed by atoms with E-state index >= 15 is 0 Å². The fourth-order valence-corrected chi connectivity index (χ4v) is 5.31. The number of fused-ring (bicyclic) bond motifs is 5. The third kappa shape index (κ3) is 2.39. The van der Waals surface area contributed by atoms with E-state index in [4.69, 9.17) is 0 Å². The van der Waals surface area contributed by atoms with Crippen molar-refractivity contribution in [2.75, 3.05) is 4.90 Å². The Hall–Kier alpha value is -2.21. The summed E-state index contributed by atoms with van der Waals surface area (Å²) in [5.74, 6) is -0.00512. The number of aromatic nitrogens is 2. The van der Waals surface area contributed by atoms with Gasteiger partial charge in [-0.15, -0.1) is 0 Å². The van der Waals surface area contributed by atoms with Crippen LogP contribution in [0.5, 0.6) is 0 Å². The molecule has 1 aliphatic heterocycles. The number of amides is 2. The molecule has 4 unspecified atom stereocenters. The Morgan fingerprint density at radius 1 is 1.04 bits per heavy atom. The lowest BCUT2D eigenvalue weighted by Crippen LogP contribution is -2.33. The van der Waals surface area contributed by atoms with Crippen LogP contribution in [0.3, 0.4) is 0 Å². The molecule has 4 atom stereocenters. The van der Waals surface area contributed by atoms with Crippen LogP contribution in [0.15, 0.2) is 40.9 Å². The summed E-state index contributed by atoms with van der Waals surface area (Å²) >= 11 is 3.45. The lowest BCUT2D eigenvalue weighted by Gasteiger charge is -2.18. The summed E-state index contributed by atoms with van der Waals surface area (Å²) in [6.07, 6.45) is 5.19. The van der Waals surface area contributed by atoms with Gasteiger partial charge in [0.2, 0.25) is 11.8 Å². The number of nitrogens with zero attached hydrogens (tertiary/aromatic N) is 3. The van der Waals surface area contributed by atoms with Gasteiger partial charge in [0.05, 0.1) is 35.5 Å². The molecule has 3 aliphatic rings. The normalized spacial score (nSPS) is 28.5. The van der Waals surface area contributed by atoms with Crippen molar-refractivity contribution in [3.05, 3.63) is 57.8 Å². The average molecular weight is 426 g/mol. The molecule has 0 N–H and O–H groups in total. The number of hydrogen-bond acceptors (Lipinski definition) is 3. The van der Waals surface area contributed by atoms with Crippen LogP contribution in [0.1, 0.15) is 23.4 Å². The molecule has 138 valence electrons. The molecule has 2 heterocycles. The maximum atomic E-state index is 13.1. The van der Waals surface area contributed by atoms with E-state index in [1.807, 2.05) is 42.8 Å². The molecule has 5 rings (SSSR count). The standard InChI is InChI=1S/C21H20BrN3O2/c1-11-19(12(2)24(23-11)10-13-3-7-16(22)8-4-13)25-20(26)17-14-5-6-15(9-14)18(17)21(25)27/h3-8,14-15,17-18H,9-10H2,1-2H3. The van der Waals surface area contributed by atoms with Crippen LogP contribution in [-0.2, 0) is 16.1 Å². The number of benzene rings is 1. The zero-order valence-electron chi connectivity index (χ0n) is 15.2. The van der Waals surface area contributed by atoms with E-state index in [1.54, 1.807) is 0 Å². The number of carbonyl (C=O) groups excluding carboxylic acids is 2. The fraction of sp³-hybridized carbons (Fsp3) is 0.381. The van der Waals surface area contributed by atoms with E-state index in [0.717, 1.165) is 27.8 Å². The Labute approximate surface area is 166 Å².